The monoisotopic (exact) mass is 123 g/mol. The molecule has 0 heterocycles. The molecule has 0 bridgehead atoms. The van der Waals surface area contributed by atoms with Crippen molar-refractivity contribution in [2.24, 2.45) is 29.4 Å². The van der Waals surface area contributed by atoms with Crippen molar-refractivity contribution < 1.29 is 0 Å². The van der Waals surface area contributed by atoms with Gasteiger partial charge in [-0.1, -0.05) is 0 Å². The van der Waals surface area contributed by atoms with Crippen LogP contribution in [0.2, 0.25) is 0 Å². The molecule has 0 aromatic heterocycles. The molecule has 50 valence electrons. The zero-order valence-electron chi connectivity index (χ0n) is 5.80. The van der Waals surface area contributed by atoms with E-state index >= 15 is 0 Å². The fourth-order valence-electron chi connectivity index (χ4n) is 3.51. The lowest BCUT2D eigenvalue weighted by Gasteiger charge is -2.32. The molecule has 1 nitrogen and oxygen atoms in total. The Labute approximate surface area is 55.6 Å². The minimum atomic E-state index is 0.248. The fourth-order valence-corrected chi connectivity index (χ4v) is 3.51. The van der Waals surface area contributed by atoms with E-state index in [-0.39, 0.29) is 5.54 Å². The average Bonchev–Trinajstić information content (AvgIpc) is 2.24. The molecule has 0 spiro atoms. The molecule has 5 atom stereocenters. The van der Waals surface area contributed by atoms with Crippen LogP contribution in [-0.2, 0) is 0 Å². The van der Waals surface area contributed by atoms with Gasteiger partial charge in [0.15, 0.2) is 0 Å². The van der Waals surface area contributed by atoms with Crippen LogP contribution in [0, 0.1) is 23.7 Å². The molecule has 3 rings (SSSR count). The van der Waals surface area contributed by atoms with E-state index in [1.165, 1.54) is 12.8 Å². The van der Waals surface area contributed by atoms with Crippen molar-refractivity contribution in [2.45, 2.75) is 25.3 Å². The van der Waals surface area contributed by atoms with Crippen LogP contribution in [0.1, 0.15) is 19.8 Å². The van der Waals surface area contributed by atoms with E-state index in [4.69, 9.17) is 5.73 Å². The van der Waals surface area contributed by atoms with E-state index in [0.29, 0.717) is 0 Å². The van der Waals surface area contributed by atoms with Crippen molar-refractivity contribution in [1.82, 2.24) is 0 Å². The second-order valence-corrected chi connectivity index (χ2v) is 4.47. The fraction of sp³-hybridized carbons (Fsp3) is 1.00. The first-order valence-corrected chi connectivity index (χ1v) is 3.99. The highest BCUT2D eigenvalue weighted by atomic mass is 14.9. The molecule has 3 aliphatic rings. The highest BCUT2D eigenvalue weighted by Gasteiger charge is 2.73. The summed E-state index contributed by atoms with van der Waals surface area (Å²) >= 11 is 0. The summed E-state index contributed by atoms with van der Waals surface area (Å²) in [5.41, 5.74) is 6.33. The van der Waals surface area contributed by atoms with Crippen LogP contribution in [0.4, 0.5) is 0 Å². The van der Waals surface area contributed by atoms with E-state index in [1.54, 1.807) is 0 Å². The van der Waals surface area contributed by atoms with Gasteiger partial charge in [0, 0.05) is 5.54 Å². The number of nitrogens with two attached hydrogens (primary N) is 1. The van der Waals surface area contributed by atoms with Gasteiger partial charge in [-0.15, -0.1) is 0 Å². The van der Waals surface area contributed by atoms with Gasteiger partial charge in [0.25, 0.3) is 0 Å². The van der Waals surface area contributed by atoms with Gasteiger partial charge >= 0.3 is 0 Å². The Morgan fingerprint density at radius 3 is 2.56 bits per heavy atom. The van der Waals surface area contributed by atoms with Gasteiger partial charge in [0.1, 0.15) is 0 Å². The first kappa shape index (κ1) is 4.73. The van der Waals surface area contributed by atoms with Crippen molar-refractivity contribution in [3.63, 3.8) is 0 Å². The van der Waals surface area contributed by atoms with Gasteiger partial charge in [0.05, 0.1) is 0 Å². The summed E-state index contributed by atoms with van der Waals surface area (Å²) in [7, 11) is 0. The summed E-state index contributed by atoms with van der Waals surface area (Å²) in [5.74, 6) is 4.18. The number of rotatable bonds is 0. The summed E-state index contributed by atoms with van der Waals surface area (Å²) in [4.78, 5) is 0. The largest absolute Gasteiger partial charge is 0.325 e. The van der Waals surface area contributed by atoms with E-state index < -0.39 is 0 Å². The molecule has 0 aliphatic heterocycles. The average molecular weight is 123 g/mol. The van der Waals surface area contributed by atoms with Crippen LogP contribution in [0.25, 0.3) is 0 Å². The molecule has 3 fully saturated rings. The topological polar surface area (TPSA) is 26.0 Å². The standard InChI is InChI=1S/C8H13N/c1-8(9)3-4-2-5-6(4)7(5)8/h4-7H,2-3,9H2,1H3. The molecule has 2 N–H and O–H groups in total. The van der Waals surface area contributed by atoms with Crippen molar-refractivity contribution in [3.05, 3.63) is 0 Å². The van der Waals surface area contributed by atoms with Gasteiger partial charge in [0.2, 0.25) is 0 Å². The van der Waals surface area contributed by atoms with E-state index in [2.05, 4.69) is 6.92 Å². The summed E-state index contributed by atoms with van der Waals surface area (Å²) in [6.07, 6.45) is 2.83. The van der Waals surface area contributed by atoms with Gasteiger partial charge in [-0.2, -0.15) is 0 Å². The van der Waals surface area contributed by atoms with Gasteiger partial charge in [-0.05, 0) is 43.4 Å². The first-order valence-electron chi connectivity index (χ1n) is 3.99. The van der Waals surface area contributed by atoms with Crippen molar-refractivity contribution >= 4 is 0 Å². The molecule has 0 saturated heterocycles. The Balaban J connectivity index is 2.00. The first-order chi connectivity index (χ1) is 4.20. The Morgan fingerprint density at radius 2 is 2.33 bits per heavy atom. The number of fused-ring (bicyclic) bond motifs is 1. The zero-order valence-corrected chi connectivity index (χ0v) is 5.80. The Bertz CT molecular complexity index is 173. The van der Waals surface area contributed by atoms with Crippen LogP contribution in [0.15, 0.2) is 0 Å². The molecule has 0 aromatic carbocycles. The molecule has 0 aromatic rings. The molecule has 0 radical (unpaired) electrons. The van der Waals surface area contributed by atoms with Crippen molar-refractivity contribution in [1.29, 1.82) is 0 Å². The molecule has 5 unspecified atom stereocenters. The maximum Gasteiger partial charge on any atom is 0.0162 e. The van der Waals surface area contributed by atoms with E-state index in [9.17, 15) is 0 Å². The lowest BCUT2D eigenvalue weighted by Crippen LogP contribution is -2.40. The zero-order chi connectivity index (χ0) is 6.22. The second-order valence-electron chi connectivity index (χ2n) is 4.47. The third-order valence-corrected chi connectivity index (χ3v) is 3.81. The normalized spacial score (nSPS) is 75.3. The number of hydrogen-bond acceptors (Lipinski definition) is 1. The van der Waals surface area contributed by atoms with Crippen LogP contribution in [-0.4, -0.2) is 5.54 Å². The van der Waals surface area contributed by atoms with Crippen molar-refractivity contribution in [2.75, 3.05) is 0 Å². The summed E-state index contributed by atoms with van der Waals surface area (Å²) < 4.78 is 0. The van der Waals surface area contributed by atoms with Crippen LogP contribution < -0.4 is 5.73 Å². The van der Waals surface area contributed by atoms with Gasteiger partial charge in [-0.25, -0.2) is 0 Å². The number of hydrogen-bond donors (Lipinski definition) is 1. The summed E-state index contributed by atoms with van der Waals surface area (Å²) in [6, 6.07) is 0. The molecular formula is C8H13N. The van der Waals surface area contributed by atoms with Crippen LogP contribution >= 0.6 is 0 Å². The van der Waals surface area contributed by atoms with Crippen molar-refractivity contribution in [3.8, 4) is 0 Å². The Hall–Kier alpha value is -0.0400. The minimum Gasteiger partial charge on any atom is -0.325 e. The Kier molecular flexibility index (Phi) is 0.508. The third kappa shape index (κ3) is 0.337. The summed E-state index contributed by atoms with van der Waals surface area (Å²) in [5, 5.41) is 0. The van der Waals surface area contributed by atoms with Crippen LogP contribution in [0.5, 0.6) is 0 Å². The highest BCUT2D eigenvalue weighted by molar-refractivity contribution is 5.24. The van der Waals surface area contributed by atoms with E-state index in [1.807, 2.05) is 0 Å². The SMILES string of the molecule is CC1(N)CC2CC3C2C31. The molecular weight excluding hydrogens is 110 g/mol. The minimum absolute atomic E-state index is 0.248. The molecule has 3 aliphatic carbocycles. The second kappa shape index (κ2) is 0.968. The highest BCUT2D eigenvalue weighted by Crippen LogP contribution is 2.75. The lowest BCUT2D eigenvalue weighted by atomic mass is 9.77. The molecule has 0 amide bonds. The smallest absolute Gasteiger partial charge is 0.0162 e. The maximum absolute atomic E-state index is 6.08. The lowest BCUT2D eigenvalue weighted by molar-refractivity contribution is 0.218. The summed E-state index contributed by atoms with van der Waals surface area (Å²) in [6.45, 7) is 2.24. The van der Waals surface area contributed by atoms with Crippen LogP contribution in [0.3, 0.4) is 0 Å². The maximum atomic E-state index is 6.08. The van der Waals surface area contributed by atoms with Gasteiger partial charge in [-0.3, -0.25) is 0 Å². The third-order valence-electron chi connectivity index (χ3n) is 3.81. The predicted molar refractivity (Wildman–Crippen MR) is 35.8 cm³/mol. The molecule has 3 saturated carbocycles. The van der Waals surface area contributed by atoms with E-state index in [0.717, 1.165) is 23.7 Å². The Morgan fingerprint density at radius 1 is 1.56 bits per heavy atom. The molecule has 1 heteroatoms. The van der Waals surface area contributed by atoms with Gasteiger partial charge < -0.3 is 5.73 Å². The predicted octanol–water partition coefficient (Wildman–Crippen LogP) is 0.990. The molecule has 9 heavy (non-hydrogen) atoms. The quantitative estimate of drug-likeness (QED) is 0.510.